The van der Waals surface area contributed by atoms with Gasteiger partial charge in [0.1, 0.15) is 18.4 Å². The number of nitriles is 1. The summed E-state index contributed by atoms with van der Waals surface area (Å²) in [7, 11) is 1.82. The van der Waals surface area contributed by atoms with Gasteiger partial charge in [-0.2, -0.15) is 10.4 Å². The van der Waals surface area contributed by atoms with E-state index in [0.29, 0.717) is 36.4 Å². The molecule has 6 nitrogen and oxygen atoms in total. The predicted octanol–water partition coefficient (Wildman–Crippen LogP) is 3.05. The number of rotatable bonds is 8. The van der Waals surface area contributed by atoms with E-state index >= 15 is 0 Å². The maximum Gasteiger partial charge on any atom is 0.153 e. The maximum absolute atomic E-state index is 11.6. The molecule has 1 N–H and O–H groups in total. The van der Waals surface area contributed by atoms with Crippen LogP contribution in [0.1, 0.15) is 32.6 Å². The van der Waals surface area contributed by atoms with Crippen molar-refractivity contribution in [3.63, 3.8) is 0 Å². The minimum Gasteiger partial charge on any atom is -0.490 e. The van der Waals surface area contributed by atoms with Gasteiger partial charge in [0.05, 0.1) is 16.8 Å². The lowest BCUT2D eigenvalue weighted by Crippen LogP contribution is -2.17. The third-order valence-corrected chi connectivity index (χ3v) is 4.61. The van der Waals surface area contributed by atoms with E-state index in [0.717, 1.165) is 28.7 Å². The Kier molecular flexibility index (Phi) is 6.20. The zero-order valence-electron chi connectivity index (χ0n) is 16.0. The Morgan fingerprint density at radius 3 is 2.71 bits per heavy atom. The Morgan fingerprint density at radius 2 is 2.11 bits per heavy atom. The number of benzene rings is 2. The topological polar surface area (TPSA) is 79.9 Å². The van der Waals surface area contributed by atoms with Gasteiger partial charge in [0, 0.05) is 18.9 Å². The number of nitrogens with zero attached hydrogens (tertiary/aromatic N) is 3. The van der Waals surface area contributed by atoms with Crippen molar-refractivity contribution < 1.29 is 9.53 Å². The summed E-state index contributed by atoms with van der Waals surface area (Å²) in [5.41, 5.74) is 4.66. The quantitative estimate of drug-likeness (QED) is 0.484. The Labute approximate surface area is 164 Å². The average molecular weight is 374 g/mol. The lowest BCUT2D eigenvalue weighted by Gasteiger charge is -2.16. The van der Waals surface area contributed by atoms with Crippen LogP contribution in [0.25, 0.3) is 5.69 Å². The van der Waals surface area contributed by atoms with E-state index in [-0.39, 0.29) is 0 Å². The first kappa shape index (κ1) is 19.3. The fourth-order valence-corrected chi connectivity index (χ4v) is 3.06. The second kappa shape index (κ2) is 8.98. The molecule has 0 aliphatic rings. The molecule has 0 aliphatic heterocycles. The van der Waals surface area contributed by atoms with Crippen LogP contribution in [0.3, 0.4) is 0 Å². The summed E-state index contributed by atoms with van der Waals surface area (Å²) < 4.78 is 7.50. The Balaban J connectivity index is 1.89. The highest BCUT2D eigenvalue weighted by molar-refractivity contribution is 5.82. The molecule has 0 aliphatic carbocycles. The van der Waals surface area contributed by atoms with Crippen LogP contribution in [0.15, 0.2) is 48.8 Å². The summed E-state index contributed by atoms with van der Waals surface area (Å²) in [5, 5.41) is 16.8. The van der Waals surface area contributed by atoms with Crippen molar-refractivity contribution in [1.29, 1.82) is 5.26 Å². The summed E-state index contributed by atoms with van der Waals surface area (Å²) in [5.74, 6) is 0.364. The number of carbonyl (C=O) groups excluding carboxylic acids is 1. The molecular formula is C22H22N4O2. The van der Waals surface area contributed by atoms with Gasteiger partial charge in [-0.25, -0.2) is 4.68 Å². The molecule has 0 saturated carbocycles. The summed E-state index contributed by atoms with van der Waals surface area (Å²) in [6.45, 7) is 2.91. The van der Waals surface area contributed by atoms with Crippen molar-refractivity contribution in [3.05, 3.63) is 76.6 Å². The summed E-state index contributed by atoms with van der Waals surface area (Å²) >= 11 is 0. The molecular weight excluding hydrogens is 352 g/mol. The van der Waals surface area contributed by atoms with Gasteiger partial charge in [-0.3, -0.25) is 4.79 Å². The minimum atomic E-state index is 0.364. The fraction of sp³-hybridized carbons (Fsp3) is 0.227. The fourth-order valence-electron chi connectivity index (χ4n) is 3.06. The zero-order chi connectivity index (χ0) is 19.9. The van der Waals surface area contributed by atoms with Crippen molar-refractivity contribution in [2.24, 2.45) is 0 Å². The van der Waals surface area contributed by atoms with Crippen molar-refractivity contribution >= 4 is 6.29 Å². The molecule has 0 spiro atoms. The van der Waals surface area contributed by atoms with E-state index in [1.165, 1.54) is 0 Å². The van der Waals surface area contributed by atoms with Crippen molar-refractivity contribution in [3.8, 4) is 17.5 Å². The van der Waals surface area contributed by atoms with Crippen LogP contribution in [0.2, 0.25) is 0 Å². The number of aromatic nitrogens is 2. The average Bonchev–Trinajstić information content (AvgIpc) is 3.25. The van der Waals surface area contributed by atoms with E-state index in [1.807, 2.05) is 56.6 Å². The van der Waals surface area contributed by atoms with E-state index in [2.05, 4.69) is 16.5 Å². The van der Waals surface area contributed by atoms with Crippen LogP contribution < -0.4 is 10.1 Å². The van der Waals surface area contributed by atoms with Gasteiger partial charge in [-0.05, 0) is 61.3 Å². The smallest absolute Gasteiger partial charge is 0.153 e. The molecule has 3 aromatic rings. The molecule has 1 heterocycles. The number of likely N-dealkylation sites (N-methyl/N-ethyl adjacent to an activating group) is 1. The van der Waals surface area contributed by atoms with Crippen molar-refractivity contribution in [2.75, 3.05) is 20.2 Å². The minimum absolute atomic E-state index is 0.364. The maximum atomic E-state index is 11.6. The lowest BCUT2D eigenvalue weighted by molar-refractivity contribution is 0.111. The van der Waals surface area contributed by atoms with Crippen LogP contribution in [0, 0.1) is 18.3 Å². The molecule has 1 aromatic heterocycles. The number of aldehydes is 1. The van der Waals surface area contributed by atoms with E-state index in [1.54, 1.807) is 10.9 Å². The third kappa shape index (κ3) is 4.11. The zero-order valence-corrected chi connectivity index (χ0v) is 16.0. The highest BCUT2D eigenvalue weighted by Crippen LogP contribution is 2.30. The van der Waals surface area contributed by atoms with Crippen LogP contribution in [-0.2, 0) is 6.42 Å². The van der Waals surface area contributed by atoms with Gasteiger partial charge in [-0.1, -0.05) is 12.1 Å². The van der Waals surface area contributed by atoms with Gasteiger partial charge in [0.2, 0.25) is 0 Å². The van der Waals surface area contributed by atoms with Gasteiger partial charge in [0.15, 0.2) is 6.29 Å². The monoisotopic (exact) mass is 374 g/mol. The molecule has 6 heteroatoms. The first-order valence-electron chi connectivity index (χ1n) is 9.06. The molecule has 0 bridgehead atoms. The number of hydrogen-bond donors (Lipinski definition) is 1. The highest BCUT2D eigenvalue weighted by atomic mass is 16.5. The number of carbonyl (C=O) groups is 1. The molecule has 3 rings (SSSR count). The van der Waals surface area contributed by atoms with Crippen LogP contribution in [0.5, 0.6) is 5.75 Å². The molecule has 0 radical (unpaired) electrons. The molecule has 28 heavy (non-hydrogen) atoms. The Hall–Kier alpha value is -3.43. The molecule has 0 fully saturated rings. The van der Waals surface area contributed by atoms with E-state index in [4.69, 9.17) is 4.74 Å². The van der Waals surface area contributed by atoms with Gasteiger partial charge in [-0.15, -0.1) is 0 Å². The molecule has 0 unspecified atom stereocenters. The largest absolute Gasteiger partial charge is 0.490 e. The normalized spacial score (nSPS) is 10.5. The third-order valence-electron chi connectivity index (χ3n) is 4.61. The second-order valence-electron chi connectivity index (χ2n) is 6.43. The molecule has 142 valence electrons. The first-order valence-corrected chi connectivity index (χ1v) is 9.06. The SMILES string of the molecule is CNCCOc1c(C=O)cc(Cc2ccc(-n3cccn3)cc2)c(C)c1C#N. The molecule has 0 amide bonds. The predicted molar refractivity (Wildman–Crippen MR) is 107 cm³/mol. The molecule has 0 atom stereocenters. The van der Waals surface area contributed by atoms with E-state index < -0.39 is 0 Å². The first-order chi connectivity index (χ1) is 13.7. The van der Waals surface area contributed by atoms with Gasteiger partial charge < -0.3 is 10.1 Å². The number of nitrogens with one attached hydrogen (secondary N) is 1. The van der Waals surface area contributed by atoms with E-state index in [9.17, 15) is 10.1 Å². The highest BCUT2D eigenvalue weighted by Gasteiger charge is 2.17. The van der Waals surface area contributed by atoms with Crippen LogP contribution in [0.4, 0.5) is 0 Å². The molecule has 0 saturated heterocycles. The standard InChI is InChI=1S/C22H22N4O2/c1-16-18(12-17-4-6-20(7-5-17)26-10-3-8-25-26)13-19(15-27)22(21(16)14-23)28-11-9-24-2/h3-8,10,13,15,24H,9,11-12H2,1-2H3. The van der Waals surface area contributed by atoms with Gasteiger partial charge in [0.25, 0.3) is 0 Å². The van der Waals surface area contributed by atoms with Gasteiger partial charge >= 0.3 is 0 Å². The summed E-state index contributed by atoms with van der Waals surface area (Å²) in [6, 6.07) is 14.0. The van der Waals surface area contributed by atoms with Crippen molar-refractivity contribution in [2.45, 2.75) is 13.3 Å². The Morgan fingerprint density at radius 1 is 1.32 bits per heavy atom. The number of hydrogen-bond acceptors (Lipinski definition) is 5. The summed E-state index contributed by atoms with van der Waals surface area (Å²) in [6.07, 6.45) is 5.00. The lowest BCUT2D eigenvalue weighted by atomic mass is 9.93. The summed E-state index contributed by atoms with van der Waals surface area (Å²) in [4.78, 5) is 11.6. The Bertz CT molecular complexity index is 987. The van der Waals surface area contributed by atoms with Crippen molar-refractivity contribution in [1.82, 2.24) is 15.1 Å². The molecule has 2 aromatic carbocycles. The second-order valence-corrected chi connectivity index (χ2v) is 6.43. The van der Waals surface area contributed by atoms with Crippen LogP contribution >= 0.6 is 0 Å². The van der Waals surface area contributed by atoms with Crippen LogP contribution in [-0.4, -0.2) is 36.3 Å². The number of ether oxygens (including phenoxy) is 1.